The molecule has 10 nitrogen and oxygen atoms in total. The Labute approximate surface area is 266 Å². The lowest BCUT2D eigenvalue weighted by Gasteiger charge is -2.23. The number of aromatic amines is 1. The first-order valence-electron chi connectivity index (χ1n) is 15.0. The van der Waals surface area contributed by atoms with Crippen LogP contribution in [0.3, 0.4) is 0 Å². The second-order valence-electron chi connectivity index (χ2n) is 11.5. The number of benzene rings is 4. The lowest BCUT2D eigenvalue weighted by molar-refractivity contribution is 0.482. The van der Waals surface area contributed by atoms with E-state index in [4.69, 9.17) is 4.98 Å². The summed E-state index contributed by atoms with van der Waals surface area (Å²) in [6.45, 7) is 2.82. The molecule has 236 valence electrons. The molecule has 1 aliphatic heterocycles. The molecular weight excluding hydrogens is 625 g/mol. The molecule has 4 N–H and O–H groups in total. The van der Waals surface area contributed by atoms with Crippen molar-refractivity contribution in [2.75, 3.05) is 16.8 Å². The lowest BCUT2D eigenvalue weighted by Crippen LogP contribution is -2.33. The summed E-state index contributed by atoms with van der Waals surface area (Å²) in [4.78, 5) is 10.1. The third kappa shape index (κ3) is 5.47. The Kier molecular flexibility index (Phi) is 7.47. The fraction of sp³-hybridized carbons (Fsp3) is 0.206. The Balaban J connectivity index is 1.12. The first kappa shape index (κ1) is 30.2. The van der Waals surface area contributed by atoms with E-state index in [1.165, 1.54) is 23.3 Å². The predicted octanol–water partition coefficient (Wildman–Crippen LogP) is 6.78. The second kappa shape index (κ2) is 11.4. The molecule has 1 unspecified atom stereocenters. The summed E-state index contributed by atoms with van der Waals surface area (Å²) in [5, 5.41) is 5.85. The number of aromatic nitrogens is 2. The minimum Gasteiger partial charge on any atom is -0.360 e. The van der Waals surface area contributed by atoms with Gasteiger partial charge in [0.1, 0.15) is 21.8 Å². The van der Waals surface area contributed by atoms with Gasteiger partial charge in [0.05, 0.1) is 22.4 Å². The van der Waals surface area contributed by atoms with Crippen molar-refractivity contribution in [3.63, 3.8) is 0 Å². The van der Waals surface area contributed by atoms with E-state index in [2.05, 4.69) is 46.4 Å². The maximum Gasteiger partial charge on any atom is 0.295 e. The van der Waals surface area contributed by atoms with Crippen molar-refractivity contribution < 1.29 is 25.9 Å². The summed E-state index contributed by atoms with van der Waals surface area (Å²) >= 11 is 0. The van der Waals surface area contributed by atoms with Gasteiger partial charge in [-0.25, -0.2) is 4.98 Å². The fourth-order valence-corrected chi connectivity index (χ4v) is 8.03. The van der Waals surface area contributed by atoms with Gasteiger partial charge in [-0.15, -0.1) is 0 Å². The number of likely N-dealkylation sites (N-methyl/N-ethyl adjacent to an activating group) is 1. The number of nitrogens with zero attached hydrogens (tertiary/aromatic N) is 2. The number of hydrogen-bond donors (Lipinski definition) is 4. The first-order chi connectivity index (χ1) is 22.0. The highest BCUT2D eigenvalue weighted by molar-refractivity contribution is 7.86. The van der Waals surface area contributed by atoms with E-state index in [1.54, 1.807) is 36.4 Å². The SMILES string of the molecule is CCN1c2ccc3c(S(=O)(=O)O)cccc3c2NC1C=CC1=CC(=CCc2nc3c(ccc4c(S(=O)(=O)O)cccc43)[nH]2)CCC1. The van der Waals surface area contributed by atoms with Gasteiger partial charge in [0.15, 0.2) is 0 Å². The maximum absolute atomic E-state index is 12.0. The summed E-state index contributed by atoms with van der Waals surface area (Å²) in [6, 6.07) is 16.8. The lowest BCUT2D eigenvalue weighted by atomic mass is 9.94. The molecule has 2 aliphatic rings. The monoisotopic (exact) mass is 656 g/mol. The molecule has 0 saturated carbocycles. The van der Waals surface area contributed by atoms with E-state index in [1.807, 2.05) is 12.1 Å². The summed E-state index contributed by atoms with van der Waals surface area (Å²) in [7, 11) is -8.72. The minimum atomic E-state index is -4.36. The summed E-state index contributed by atoms with van der Waals surface area (Å²) in [6.07, 6.45) is 12.0. The van der Waals surface area contributed by atoms with Crippen molar-refractivity contribution >= 4 is 64.2 Å². The van der Waals surface area contributed by atoms with Crippen LogP contribution < -0.4 is 10.2 Å². The number of anilines is 2. The molecule has 4 aromatic carbocycles. The predicted molar refractivity (Wildman–Crippen MR) is 180 cm³/mol. The number of imidazole rings is 1. The molecule has 1 atom stereocenters. The van der Waals surface area contributed by atoms with Gasteiger partial charge in [-0.3, -0.25) is 9.11 Å². The zero-order valence-corrected chi connectivity index (χ0v) is 26.6. The number of fused-ring (bicyclic) bond motifs is 6. The van der Waals surface area contributed by atoms with Gasteiger partial charge in [0.2, 0.25) is 0 Å². The molecule has 0 fully saturated rings. The summed E-state index contributed by atoms with van der Waals surface area (Å²) in [5.41, 5.74) is 5.69. The van der Waals surface area contributed by atoms with Gasteiger partial charge in [-0.1, -0.05) is 60.2 Å². The Morgan fingerprint density at radius 2 is 1.59 bits per heavy atom. The van der Waals surface area contributed by atoms with Crippen molar-refractivity contribution in [2.24, 2.45) is 0 Å². The largest absolute Gasteiger partial charge is 0.360 e. The molecule has 0 spiro atoms. The molecule has 0 saturated heterocycles. The van der Waals surface area contributed by atoms with Crippen LogP contribution in [0.15, 0.2) is 106 Å². The number of hydrogen-bond acceptors (Lipinski definition) is 7. The van der Waals surface area contributed by atoms with Gasteiger partial charge in [0.25, 0.3) is 20.2 Å². The van der Waals surface area contributed by atoms with E-state index < -0.39 is 20.2 Å². The number of rotatable bonds is 7. The third-order valence-corrected chi connectivity index (χ3v) is 10.5. The minimum absolute atomic E-state index is 0.106. The normalized spacial score (nSPS) is 18.2. The summed E-state index contributed by atoms with van der Waals surface area (Å²) < 4.78 is 67.0. The standard InChI is InChI=1S/C34H32N4O6S2/c1-2-38-28-17-15-24-26(9-5-11-30(24)46(42,43)44)34(28)37-32(38)19-13-22-7-3-6-21(20-22)12-18-31-35-27-16-14-23-25(33(27)36-31)8-4-10-29(23)45(39,40)41/h4-5,8-17,19-20,32,37H,2-3,6-7,18H2,1H3,(H,35,36)(H,39,40,41)(H,42,43,44). The highest BCUT2D eigenvalue weighted by Crippen LogP contribution is 2.42. The first-order valence-corrected chi connectivity index (χ1v) is 17.9. The van der Waals surface area contributed by atoms with Crippen molar-refractivity contribution in [3.8, 4) is 0 Å². The van der Waals surface area contributed by atoms with Crippen LogP contribution in [0.4, 0.5) is 11.4 Å². The molecule has 46 heavy (non-hydrogen) atoms. The van der Waals surface area contributed by atoms with Gasteiger partial charge in [0, 0.05) is 34.5 Å². The molecule has 1 aliphatic carbocycles. The average molecular weight is 657 g/mol. The van der Waals surface area contributed by atoms with Crippen molar-refractivity contribution in [1.29, 1.82) is 0 Å². The molecule has 2 heterocycles. The van der Waals surface area contributed by atoms with E-state index >= 15 is 0 Å². The van der Waals surface area contributed by atoms with Crippen LogP contribution in [0.5, 0.6) is 0 Å². The molecule has 0 amide bonds. The highest BCUT2D eigenvalue weighted by atomic mass is 32.2. The molecule has 5 aromatic rings. The second-order valence-corrected chi connectivity index (χ2v) is 14.3. The highest BCUT2D eigenvalue weighted by Gasteiger charge is 2.28. The van der Waals surface area contributed by atoms with Crippen LogP contribution in [0.1, 0.15) is 32.0 Å². The van der Waals surface area contributed by atoms with Crippen LogP contribution in [0.25, 0.3) is 32.6 Å². The van der Waals surface area contributed by atoms with E-state index in [9.17, 15) is 25.9 Å². The molecular formula is C34H32N4O6S2. The van der Waals surface area contributed by atoms with Crippen LogP contribution in [0.2, 0.25) is 0 Å². The fourth-order valence-electron chi connectivity index (χ4n) is 6.62. The number of nitrogens with one attached hydrogen (secondary N) is 2. The van der Waals surface area contributed by atoms with Gasteiger partial charge in [-0.05, 0) is 62.1 Å². The smallest absolute Gasteiger partial charge is 0.295 e. The molecule has 7 rings (SSSR count). The molecule has 12 heteroatoms. The Morgan fingerprint density at radius 3 is 2.30 bits per heavy atom. The van der Waals surface area contributed by atoms with Crippen LogP contribution >= 0.6 is 0 Å². The quantitative estimate of drug-likeness (QED) is 0.139. The Morgan fingerprint density at radius 1 is 0.891 bits per heavy atom. The molecule has 0 bridgehead atoms. The molecule has 1 aromatic heterocycles. The van der Waals surface area contributed by atoms with E-state index in [-0.39, 0.29) is 16.0 Å². The zero-order chi connectivity index (χ0) is 32.2. The van der Waals surface area contributed by atoms with E-state index in [0.29, 0.717) is 28.1 Å². The third-order valence-electron chi connectivity index (χ3n) is 8.70. The summed E-state index contributed by atoms with van der Waals surface area (Å²) in [5.74, 6) is 0.763. The van der Waals surface area contributed by atoms with Crippen LogP contribution in [-0.2, 0) is 26.7 Å². The molecule has 0 radical (unpaired) electrons. The zero-order valence-electron chi connectivity index (χ0n) is 24.9. The maximum atomic E-state index is 12.0. The van der Waals surface area contributed by atoms with Crippen LogP contribution in [0, 0.1) is 0 Å². The Bertz CT molecular complexity index is 2360. The average Bonchev–Trinajstić information content (AvgIpc) is 3.62. The van der Waals surface area contributed by atoms with Crippen molar-refractivity contribution in [3.05, 3.63) is 102 Å². The van der Waals surface area contributed by atoms with Gasteiger partial charge in [-0.2, -0.15) is 16.8 Å². The van der Waals surface area contributed by atoms with Gasteiger partial charge < -0.3 is 15.2 Å². The van der Waals surface area contributed by atoms with E-state index in [0.717, 1.165) is 53.9 Å². The van der Waals surface area contributed by atoms with Crippen molar-refractivity contribution in [1.82, 2.24) is 9.97 Å². The van der Waals surface area contributed by atoms with Gasteiger partial charge >= 0.3 is 0 Å². The van der Waals surface area contributed by atoms with Crippen molar-refractivity contribution in [2.45, 2.75) is 48.6 Å². The topological polar surface area (TPSA) is 153 Å². The number of allylic oxidation sites excluding steroid dienone is 5. The van der Waals surface area contributed by atoms with Crippen LogP contribution in [-0.4, -0.2) is 48.6 Å². The Hall–Kier alpha value is -4.49. The number of H-pyrrole nitrogens is 1.